The van der Waals surface area contributed by atoms with Crippen molar-refractivity contribution in [2.24, 2.45) is 0 Å². The summed E-state index contributed by atoms with van der Waals surface area (Å²) >= 11 is 6.11. The average molecular weight is 437 g/mol. The van der Waals surface area contributed by atoms with Gasteiger partial charge in [0.15, 0.2) is 5.82 Å². The van der Waals surface area contributed by atoms with Gasteiger partial charge in [-0.25, -0.2) is 4.79 Å². The van der Waals surface area contributed by atoms with Gasteiger partial charge in [-0.05, 0) is 55.9 Å². The van der Waals surface area contributed by atoms with Gasteiger partial charge in [0.05, 0.1) is 5.69 Å². The lowest BCUT2D eigenvalue weighted by atomic mass is 10.1. The second kappa shape index (κ2) is 9.32. The van der Waals surface area contributed by atoms with E-state index in [0.717, 1.165) is 48.8 Å². The number of nitrogens with zero attached hydrogens (tertiary/aromatic N) is 4. The van der Waals surface area contributed by atoms with Crippen molar-refractivity contribution in [3.05, 3.63) is 65.2 Å². The lowest BCUT2D eigenvalue weighted by molar-refractivity contribution is 0.262. The molecule has 0 aliphatic carbocycles. The minimum atomic E-state index is -0.330. The first-order valence-electron chi connectivity index (χ1n) is 10.2. The van der Waals surface area contributed by atoms with Gasteiger partial charge in [-0.3, -0.25) is 0 Å². The van der Waals surface area contributed by atoms with E-state index in [-0.39, 0.29) is 6.03 Å². The number of rotatable bonds is 4. The zero-order valence-corrected chi connectivity index (χ0v) is 18.4. The molecule has 1 aliphatic rings. The quantitative estimate of drug-likeness (QED) is 0.629. The zero-order chi connectivity index (χ0) is 21.8. The smallest absolute Gasteiger partial charge is 0.323 e. The third kappa shape index (κ3) is 5.31. The van der Waals surface area contributed by atoms with Crippen LogP contribution in [-0.2, 0) is 0 Å². The van der Waals surface area contributed by atoms with Gasteiger partial charge in [0.1, 0.15) is 0 Å². The van der Waals surface area contributed by atoms with E-state index in [9.17, 15) is 4.79 Å². The van der Waals surface area contributed by atoms with Crippen molar-refractivity contribution in [2.75, 3.05) is 48.8 Å². The summed E-state index contributed by atoms with van der Waals surface area (Å²) in [5, 5.41) is 15.0. The molecule has 0 saturated carbocycles. The molecular formula is C23H25ClN6O. The van der Waals surface area contributed by atoms with Crippen LogP contribution in [-0.4, -0.2) is 54.4 Å². The standard InChI is InChI=1S/C23H25ClN6O/c1-16-3-6-19(15-20(16)24)26-23(31)25-18-7-4-17(5-8-18)21-9-10-22(28-27-21)30-13-11-29(2)12-14-30/h3-10,15H,11-14H2,1-2H3,(H2,25,26,31). The molecule has 7 nitrogen and oxygen atoms in total. The molecule has 8 heteroatoms. The molecule has 1 saturated heterocycles. The lowest BCUT2D eigenvalue weighted by Crippen LogP contribution is -2.44. The molecule has 31 heavy (non-hydrogen) atoms. The Morgan fingerprint density at radius 2 is 1.58 bits per heavy atom. The average Bonchev–Trinajstić information content (AvgIpc) is 2.77. The van der Waals surface area contributed by atoms with Crippen molar-refractivity contribution in [3.8, 4) is 11.3 Å². The van der Waals surface area contributed by atoms with Crippen molar-refractivity contribution in [1.82, 2.24) is 15.1 Å². The van der Waals surface area contributed by atoms with Gasteiger partial charge in [0.2, 0.25) is 0 Å². The molecular weight excluding hydrogens is 412 g/mol. The molecule has 2 heterocycles. The van der Waals surface area contributed by atoms with Gasteiger partial charge >= 0.3 is 6.03 Å². The monoisotopic (exact) mass is 436 g/mol. The Morgan fingerprint density at radius 1 is 0.903 bits per heavy atom. The molecule has 1 aliphatic heterocycles. The second-order valence-corrected chi connectivity index (χ2v) is 8.09. The van der Waals surface area contributed by atoms with Crippen molar-refractivity contribution in [3.63, 3.8) is 0 Å². The van der Waals surface area contributed by atoms with Gasteiger partial charge in [-0.15, -0.1) is 10.2 Å². The minimum Gasteiger partial charge on any atom is -0.353 e. The maximum atomic E-state index is 12.2. The zero-order valence-electron chi connectivity index (χ0n) is 17.6. The molecule has 2 aromatic carbocycles. The number of benzene rings is 2. The van der Waals surface area contributed by atoms with Gasteiger partial charge in [0, 0.05) is 48.1 Å². The van der Waals surface area contributed by atoms with E-state index in [0.29, 0.717) is 16.4 Å². The molecule has 2 N–H and O–H groups in total. The van der Waals surface area contributed by atoms with Crippen LogP contribution >= 0.6 is 11.6 Å². The summed E-state index contributed by atoms with van der Waals surface area (Å²) < 4.78 is 0. The predicted molar refractivity (Wildman–Crippen MR) is 126 cm³/mol. The number of likely N-dealkylation sites (N-methyl/N-ethyl adjacent to an activating group) is 1. The molecule has 0 bridgehead atoms. The number of nitrogens with one attached hydrogen (secondary N) is 2. The van der Waals surface area contributed by atoms with E-state index < -0.39 is 0 Å². The highest BCUT2D eigenvalue weighted by atomic mass is 35.5. The fraction of sp³-hybridized carbons (Fsp3) is 0.261. The first-order chi connectivity index (χ1) is 15.0. The first kappa shape index (κ1) is 21.1. The van der Waals surface area contributed by atoms with Crippen LogP contribution in [0.2, 0.25) is 5.02 Å². The molecule has 3 aromatic rings. The summed E-state index contributed by atoms with van der Waals surface area (Å²) in [7, 11) is 2.13. The normalized spacial score (nSPS) is 14.4. The predicted octanol–water partition coefficient (Wildman–Crippen LogP) is 4.50. The largest absolute Gasteiger partial charge is 0.353 e. The number of urea groups is 1. The Bertz CT molecular complexity index is 1050. The number of aromatic nitrogens is 2. The number of halogens is 1. The van der Waals surface area contributed by atoms with E-state index in [4.69, 9.17) is 11.6 Å². The molecule has 0 spiro atoms. The number of hydrogen-bond acceptors (Lipinski definition) is 5. The third-order valence-electron chi connectivity index (χ3n) is 5.35. The summed E-state index contributed by atoms with van der Waals surface area (Å²) in [5.74, 6) is 0.906. The van der Waals surface area contributed by atoms with Crippen molar-refractivity contribution < 1.29 is 4.79 Å². The number of carbonyl (C=O) groups is 1. The Balaban J connectivity index is 1.36. The summed E-state index contributed by atoms with van der Waals surface area (Å²) in [5.41, 5.74) is 4.02. The van der Waals surface area contributed by atoms with Gasteiger partial charge in [-0.1, -0.05) is 29.8 Å². The molecule has 4 rings (SSSR count). The molecule has 0 atom stereocenters. The second-order valence-electron chi connectivity index (χ2n) is 7.69. The maximum Gasteiger partial charge on any atom is 0.323 e. The number of aryl methyl sites for hydroxylation is 1. The van der Waals surface area contributed by atoms with Crippen LogP contribution in [0, 0.1) is 6.92 Å². The number of anilines is 3. The Morgan fingerprint density at radius 3 is 2.23 bits per heavy atom. The van der Waals surface area contributed by atoms with Gasteiger partial charge < -0.3 is 20.4 Å². The summed E-state index contributed by atoms with van der Waals surface area (Å²) in [6.07, 6.45) is 0. The molecule has 1 fully saturated rings. The topological polar surface area (TPSA) is 73.4 Å². The van der Waals surface area contributed by atoms with Crippen LogP contribution in [0.3, 0.4) is 0 Å². The Kier molecular flexibility index (Phi) is 6.34. The van der Waals surface area contributed by atoms with E-state index in [2.05, 4.69) is 37.7 Å². The molecule has 0 unspecified atom stereocenters. The number of piperazine rings is 1. The third-order valence-corrected chi connectivity index (χ3v) is 5.75. The highest BCUT2D eigenvalue weighted by Crippen LogP contribution is 2.22. The highest BCUT2D eigenvalue weighted by Gasteiger charge is 2.15. The fourth-order valence-electron chi connectivity index (χ4n) is 3.37. The number of amides is 2. The number of carbonyl (C=O) groups excluding carboxylic acids is 1. The van der Waals surface area contributed by atoms with Crippen LogP contribution < -0.4 is 15.5 Å². The van der Waals surface area contributed by atoms with Crippen LogP contribution in [0.5, 0.6) is 0 Å². The molecule has 1 aromatic heterocycles. The van der Waals surface area contributed by atoms with E-state index >= 15 is 0 Å². The molecule has 160 valence electrons. The van der Waals surface area contributed by atoms with E-state index in [1.165, 1.54) is 0 Å². The van der Waals surface area contributed by atoms with E-state index in [1.54, 1.807) is 6.07 Å². The van der Waals surface area contributed by atoms with Crippen LogP contribution in [0.15, 0.2) is 54.6 Å². The summed E-state index contributed by atoms with van der Waals surface area (Å²) in [4.78, 5) is 16.8. The van der Waals surface area contributed by atoms with Gasteiger partial charge in [-0.2, -0.15) is 0 Å². The molecule has 2 amide bonds. The summed E-state index contributed by atoms with van der Waals surface area (Å²) in [6.45, 7) is 5.90. The summed E-state index contributed by atoms with van der Waals surface area (Å²) in [6, 6.07) is 16.6. The SMILES string of the molecule is Cc1ccc(NC(=O)Nc2ccc(-c3ccc(N4CCN(C)CC4)nn3)cc2)cc1Cl. The van der Waals surface area contributed by atoms with Gasteiger partial charge in [0.25, 0.3) is 0 Å². The Labute approximate surface area is 187 Å². The lowest BCUT2D eigenvalue weighted by Gasteiger charge is -2.32. The van der Waals surface area contributed by atoms with Crippen LogP contribution in [0.4, 0.5) is 22.0 Å². The van der Waals surface area contributed by atoms with Crippen molar-refractivity contribution in [1.29, 1.82) is 0 Å². The maximum absolute atomic E-state index is 12.2. The van der Waals surface area contributed by atoms with Crippen molar-refractivity contribution in [2.45, 2.75) is 6.92 Å². The number of hydrogen-bond donors (Lipinski definition) is 2. The van der Waals surface area contributed by atoms with Crippen LogP contribution in [0.25, 0.3) is 11.3 Å². The van der Waals surface area contributed by atoms with E-state index in [1.807, 2.05) is 55.5 Å². The van der Waals surface area contributed by atoms with Crippen LogP contribution in [0.1, 0.15) is 5.56 Å². The first-order valence-corrected chi connectivity index (χ1v) is 10.6. The Hall–Kier alpha value is -3.16. The highest BCUT2D eigenvalue weighted by molar-refractivity contribution is 6.31. The minimum absolute atomic E-state index is 0.330. The van der Waals surface area contributed by atoms with Crippen molar-refractivity contribution >= 4 is 34.8 Å². The molecule has 0 radical (unpaired) electrons. The fourth-order valence-corrected chi connectivity index (χ4v) is 3.55.